The highest BCUT2D eigenvalue weighted by atomic mass is 28.3. The highest BCUT2D eigenvalue weighted by molar-refractivity contribution is 6.98. The second-order valence-corrected chi connectivity index (χ2v) is 16.7. The van der Waals surface area contributed by atoms with Gasteiger partial charge in [0.25, 0.3) is 0 Å². The van der Waals surface area contributed by atoms with Crippen LogP contribution >= 0.6 is 0 Å². The van der Waals surface area contributed by atoms with E-state index in [1.165, 1.54) is 33.4 Å². The molecule has 0 bridgehead atoms. The number of benzene rings is 4. The minimum Gasteiger partial charge on any atom is -0.0650 e. The molecule has 4 aromatic rings. The normalized spacial score (nSPS) is 18.0. The molecule has 0 N–H and O–H groups in total. The van der Waals surface area contributed by atoms with Crippen molar-refractivity contribution in [1.82, 2.24) is 0 Å². The van der Waals surface area contributed by atoms with Gasteiger partial charge in [-0.15, -0.1) is 0 Å². The molecule has 1 heteroatoms. The molecule has 0 fully saturated rings. The van der Waals surface area contributed by atoms with Gasteiger partial charge in [-0.1, -0.05) is 149 Å². The van der Waals surface area contributed by atoms with Crippen molar-refractivity contribution < 1.29 is 0 Å². The van der Waals surface area contributed by atoms with Crippen LogP contribution in [0.1, 0.15) is 48.6 Å². The van der Waals surface area contributed by atoms with Gasteiger partial charge in [-0.25, -0.2) is 0 Å². The van der Waals surface area contributed by atoms with Crippen LogP contribution in [0.4, 0.5) is 0 Å². The summed E-state index contributed by atoms with van der Waals surface area (Å²) in [7, 11) is -1.93. The molecular weight excluding hydrogens is 436 g/mol. The van der Waals surface area contributed by atoms with Gasteiger partial charge in [0, 0.05) is 0 Å². The van der Waals surface area contributed by atoms with Crippen LogP contribution in [0.5, 0.6) is 0 Å². The van der Waals surface area contributed by atoms with Crippen LogP contribution in [-0.2, 0) is 11.8 Å². The van der Waals surface area contributed by atoms with Gasteiger partial charge in [0.1, 0.15) is 0 Å². The van der Waals surface area contributed by atoms with Crippen LogP contribution in [0.15, 0.2) is 115 Å². The lowest BCUT2D eigenvalue weighted by atomic mass is 9.66. The van der Waals surface area contributed by atoms with Crippen molar-refractivity contribution in [2.75, 3.05) is 0 Å². The average Bonchev–Trinajstić information content (AvgIpc) is 3.17. The molecule has 0 spiro atoms. The predicted octanol–water partition coefficient (Wildman–Crippen LogP) is 9.19. The van der Waals surface area contributed by atoms with Gasteiger partial charge in [-0.2, -0.15) is 0 Å². The largest absolute Gasteiger partial charge is 0.0871 e. The Balaban J connectivity index is 1.96. The molecule has 176 valence electrons. The molecule has 0 radical (unpaired) electrons. The van der Waals surface area contributed by atoms with Crippen molar-refractivity contribution in [3.05, 3.63) is 143 Å². The van der Waals surface area contributed by atoms with Crippen LogP contribution < -0.4 is 0 Å². The maximum Gasteiger partial charge on any atom is 0.0871 e. The van der Waals surface area contributed by atoms with Gasteiger partial charge in [0.15, 0.2) is 0 Å². The van der Waals surface area contributed by atoms with E-state index in [-0.39, 0.29) is 10.5 Å². The summed E-state index contributed by atoms with van der Waals surface area (Å²) in [4.78, 5) is 0. The van der Waals surface area contributed by atoms with E-state index >= 15 is 0 Å². The van der Waals surface area contributed by atoms with Gasteiger partial charge in [0.2, 0.25) is 0 Å². The van der Waals surface area contributed by atoms with E-state index in [0.717, 1.165) is 6.42 Å². The highest BCUT2D eigenvalue weighted by Crippen LogP contribution is 2.61. The summed E-state index contributed by atoms with van der Waals surface area (Å²) in [6.45, 7) is 12.5. The molecule has 1 aliphatic rings. The maximum atomic E-state index is 2.58. The molecule has 4 aromatic carbocycles. The van der Waals surface area contributed by atoms with E-state index in [1.807, 2.05) is 0 Å². The average molecular weight is 473 g/mol. The maximum absolute atomic E-state index is 2.58. The highest BCUT2D eigenvalue weighted by Gasteiger charge is 2.52. The Hall–Kier alpha value is -3.16. The molecule has 0 saturated carbocycles. The number of fused-ring (bicyclic) bond motifs is 1. The fourth-order valence-corrected chi connectivity index (χ4v) is 8.41. The Morgan fingerprint density at radius 2 is 1.14 bits per heavy atom. The van der Waals surface area contributed by atoms with Gasteiger partial charge < -0.3 is 0 Å². The number of hydrogen-bond donors (Lipinski definition) is 0. The van der Waals surface area contributed by atoms with Crippen LogP contribution in [0.3, 0.4) is 0 Å². The van der Waals surface area contributed by atoms with Gasteiger partial charge in [-0.3, -0.25) is 0 Å². The second kappa shape index (κ2) is 8.81. The molecule has 1 atom stereocenters. The molecule has 1 aliphatic carbocycles. The standard InChI is InChI=1S/C34H36Si/c1-33(2,3)35(4,5)32-29-23-15-16-24-30(29)34(28-21-13-8-14-22-28,25-26-17-9-6-10-18-26)31(32)27-19-11-7-12-20-27/h6-24H,25H2,1-5H3. The first-order valence-electron chi connectivity index (χ1n) is 12.8. The summed E-state index contributed by atoms with van der Waals surface area (Å²) in [6, 6.07) is 42.8. The Morgan fingerprint density at radius 3 is 1.74 bits per heavy atom. The van der Waals surface area contributed by atoms with E-state index in [0.29, 0.717) is 0 Å². The van der Waals surface area contributed by atoms with Crippen molar-refractivity contribution in [1.29, 1.82) is 0 Å². The summed E-state index contributed by atoms with van der Waals surface area (Å²) in [6.07, 6.45) is 0.942. The Bertz CT molecular complexity index is 1340. The fourth-order valence-electron chi connectivity index (χ4n) is 5.79. The zero-order chi connectivity index (χ0) is 24.7. The third kappa shape index (κ3) is 3.83. The van der Waals surface area contributed by atoms with Gasteiger partial charge in [0.05, 0.1) is 13.5 Å². The molecule has 0 aromatic heterocycles. The van der Waals surface area contributed by atoms with Crippen molar-refractivity contribution >= 4 is 18.8 Å². The number of hydrogen-bond acceptors (Lipinski definition) is 0. The van der Waals surface area contributed by atoms with Crippen molar-refractivity contribution in [3.63, 3.8) is 0 Å². The SMILES string of the molecule is CC(C)(C)[Si](C)(C)C1=C(c2ccccc2)C(Cc2ccccc2)(c2ccccc2)c2ccccc21. The van der Waals surface area contributed by atoms with Crippen LogP contribution in [0.2, 0.25) is 18.1 Å². The monoisotopic (exact) mass is 472 g/mol. The van der Waals surface area contributed by atoms with Crippen molar-refractivity contribution in [2.24, 2.45) is 0 Å². The minimum absolute atomic E-state index is 0.217. The molecule has 0 amide bonds. The molecular formula is C34H36Si. The van der Waals surface area contributed by atoms with E-state index in [1.54, 1.807) is 5.20 Å². The van der Waals surface area contributed by atoms with E-state index in [9.17, 15) is 0 Å². The first-order chi connectivity index (χ1) is 16.8. The van der Waals surface area contributed by atoms with E-state index in [4.69, 9.17) is 0 Å². The lowest BCUT2D eigenvalue weighted by Gasteiger charge is -2.41. The fraction of sp³-hybridized carbons (Fsp3) is 0.235. The molecule has 5 rings (SSSR count). The summed E-state index contributed by atoms with van der Waals surface area (Å²) < 4.78 is 0. The predicted molar refractivity (Wildman–Crippen MR) is 154 cm³/mol. The van der Waals surface area contributed by atoms with Crippen LogP contribution in [0.25, 0.3) is 10.8 Å². The lowest BCUT2D eigenvalue weighted by Crippen LogP contribution is -2.39. The lowest BCUT2D eigenvalue weighted by molar-refractivity contribution is 0.667. The first-order valence-corrected chi connectivity index (χ1v) is 15.8. The summed E-state index contributed by atoms with van der Waals surface area (Å²) >= 11 is 0. The van der Waals surface area contributed by atoms with E-state index in [2.05, 4.69) is 149 Å². The molecule has 0 saturated heterocycles. The smallest absolute Gasteiger partial charge is 0.0650 e. The van der Waals surface area contributed by atoms with E-state index < -0.39 is 8.07 Å². The molecule has 0 nitrogen and oxygen atoms in total. The third-order valence-electron chi connectivity index (χ3n) is 8.47. The molecule has 0 aliphatic heterocycles. The summed E-state index contributed by atoms with van der Waals surface area (Å²) in [5, 5.41) is 1.83. The Morgan fingerprint density at radius 1 is 0.629 bits per heavy atom. The third-order valence-corrected chi connectivity index (χ3v) is 14.0. The Kier molecular flexibility index (Phi) is 5.93. The van der Waals surface area contributed by atoms with Crippen LogP contribution in [-0.4, -0.2) is 8.07 Å². The van der Waals surface area contributed by atoms with Crippen LogP contribution in [0, 0.1) is 0 Å². The van der Waals surface area contributed by atoms with Crippen molar-refractivity contribution in [2.45, 2.75) is 50.7 Å². The molecule has 1 unspecified atom stereocenters. The van der Waals surface area contributed by atoms with Crippen molar-refractivity contribution in [3.8, 4) is 0 Å². The second-order valence-electron chi connectivity index (χ2n) is 11.5. The minimum atomic E-state index is -1.93. The summed E-state index contributed by atoms with van der Waals surface area (Å²) in [5.74, 6) is 0. The quantitative estimate of drug-likeness (QED) is 0.254. The zero-order valence-electron chi connectivity index (χ0n) is 21.7. The first kappa shape index (κ1) is 23.6. The topological polar surface area (TPSA) is 0 Å². The number of rotatable bonds is 5. The van der Waals surface area contributed by atoms with Gasteiger partial charge in [-0.05, 0) is 50.0 Å². The zero-order valence-corrected chi connectivity index (χ0v) is 22.7. The van der Waals surface area contributed by atoms with Gasteiger partial charge >= 0.3 is 0 Å². The molecule has 0 heterocycles. The summed E-state index contributed by atoms with van der Waals surface area (Å²) in [5.41, 5.74) is 8.28. The Labute approximate surface area is 212 Å². The number of allylic oxidation sites excluding steroid dienone is 1. The molecule has 35 heavy (non-hydrogen) atoms.